The number of hydrogen-bond acceptors (Lipinski definition) is 5. The minimum atomic E-state index is 0.310. The molecule has 2 N–H and O–H groups in total. The lowest BCUT2D eigenvalue weighted by molar-refractivity contribution is 0.469. The van der Waals surface area contributed by atoms with Crippen molar-refractivity contribution in [1.82, 2.24) is 10.2 Å². The maximum absolute atomic E-state index is 5.41. The van der Waals surface area contributed by atoms with Crippen LogP contribution < -0.4 is 10.6 Å². The van der Waals surface area contributed by atoms with E-state index in [1.165, 1.54) is 25.7 Å². The van der Waals surface area contributed by atoms with Crippen LogP contribution in [0.15, 0.2) is 4.42 Å². The average Bonchev–Trinajstić information content (AvgIpc) is 2.86. The molecule has 1 saturated carbocycles. The summed E-state index contributed by atoms with van der Waals surface area (Å²) in [7, 11) is 1.99. The first kappa shape index (κ1) is 10.4. The first-order valence-electron chi connectivity index (χ1n) is 5.53. The molecule has 1 heterocycles. The lowest BCUT2D eigenvalue weighted by atomic mass is 10.1. The predicted molar refractivity (Wildman–Crippen MR) is 57.4 cm³/mol. The maximum atomic E-state index is 5.41. The average molecular weight is 210 g/mol. The molecule has 84 valence electrons. The van der Waals surface area contributed by atoms with Crippen LogP contribution in [-0.4, -0.2) is 23.8 Å². The molecule has 0 atom stereocenters. The summed E-state index contributed by atoms with van der Waals surface area (Å²) in [6, 6.07) is 0.586. The number of anilines is 1. The summed E-state index contributed by atoms with van der Waals surface area (Å²) in [6.07, 6.45) is 5.36. The van der Waals surface area contributed by atoms with Crippen LogP contribution in [0.1, 0.15) is 31.6 Å². The van der Waals surface area contributed by atoms with Gasteiger partial charge >= 0.3 is 6.01 Å². The summed E-state index contributed by atoms with van der Waals surface area (Å²) >= 11 is 0. The predicted octanol–water partition coefficient (Wildman–Crippen LogP) is 1.15. The molecule has 5 nitrogen and oxygen atoms in total. The van der Waals surface area contributed by atoms with E-state index in [2.05, 4.69) is 10.2 Å². The molecule has 0 unspecified atom stereocenters. The first-order valence-corrected chi connectivity index (χ1v) is 5.53. The van der Waals surface area contributed by atoms with Crippen LogP contribution in [-0.2, 0) is 6.54 Å². The second-order valence-corrected chi connectivity index (χ2v) is 4.21. The molecule has 5 heteroatoms. The molecule has 0 aromatic carbocycles. The topological polar surface area (TPSA) is 68.2 Å². The normalized spacial score (nSPS) is 17.2. The van der Waals surface area contributed by atoms with E-state index in [0.717, 1.165) is 12.5 Å². The minimum Gasteiger partial charge on any atom is -0.407 e. The molecule has 1 aliphatic carbocycles. The fourth-order valence-corrected chi connectivity index (χ4v) is 2.14. The summed E-state index contributed by atoms with van der Waals surface area (Å²) in [5.74, 6) is 1.28. The van der Waals surface area contributed by atoms with Crippen molar-refractivity contribution in [2.45, 2.75) is 32.2 Å². The van der Waals surface area contributed by atoms with Crippen LogP contribution in [0.3, 0.4) is 0 Å². The summed E-state index contributed by atoms with van der Waals surface area (Å²) in [4.78, 5) is 2.03. The van der Waals surface area contributed by atoms with Gasteiger partial charge in [-0.15, -0.1) is 5.10 Å². The molecule has 1 aromatic rings. The summed E-state index contributed by atoms with van der Waals surface area (Å²) < 4.78 is 5.38. The van der Waals surface area contributed by atoms with Gasteiger partial charge in [0.05, 0.1) is 6.54 Å². The fourth-order valence-electron chi connectivity index (χ4n) is 2.14. The highest BCUT2D eigenvalue weighted by Crippen LogP contribution is 2.26. The number of aromatic nitrogens is 2. The van der Waals surface area contributed by atoms with Gasteiger partial charge < -0.3 is 15.1 Å². The van der Waals surface area contributed by atoms with Gasteiger partial charge in [-0.2, -0.15) is 0 Å². The molecule has 1 aliphatic rings. The van der Waals surface area contributed by atoms with E-state index in [1.54, 1.807) is 0 Å². The zero-order chi connectivity index (χ0) is 10.7. The van der Waals surface area contributed by atoms with Crippen LogP contribution >= 0.6 is 0 Å². The SMILES string of the molecule is CN(CC1CCCC1)c1nnc(CN)o1. The van der Waals surface area contributed by atoms with Crippen LogP contribution in [0.5, 0.6) is 0 Å². The lowest BCUT2D eigenvalue weighted by Gasteiger charge is -2.18. The van der Waals surface area contributed by atoms with E-state index in [0.29, 0.717) is 18.5 Å². The summed E-state index contributed by atoms with van der Waals surface area (Å²) in [6.45, 7) is 1.32. The second-order valence-electron chi connectivity index (χ2n) is 4.21. The Morgan fingerprint density at radius 1 is 1.40 bits per heavy atom. The maximum Gasteiger partial charge on any atom is 0.317 e. The van der Waals surface area contributed by atoms with Crippen molar-refractivity contribution in [1.29, 1.82) is 0 Å². The van der Waals surface area contributed by atoms with Gasteiger partial charge in [0.1, 0.15) is 0 Å². The van der Waals surface area contributed by atoms with E-state index in [9.17, 15) is 0 Å². The van der Waals surface area contributed by atoms with E-state index >= 15 is 0 Å². The van der Waals surface area contributed by atoms with Crippen molar-refractivity contribution >= 4 is 6.01 Å². The Bertz CT molecular complexity index is 306. The van der Waals surface area contributed by atoms with Crippen molar-refractivity contribution in [2.24, 2.45) is 11.7 Å². The third kappa shape index (κ3) is 2.47. The lowest BCUT2D eigenvalue weighted by Crippen LogP contribution is -2.24. The van der Waals surface area contributed by atoms with E-state index in [-0.39, 0.29) is 0 Å². The Morgan fingerprint density at radius 2 is 2.13 bits per heavy atom. The Labute approximate surface area is 89.6 Å². The standard InChI is InChI=1S/C10H18N4O/c1-14(7-8-4-2-3-5-8)10-13-12-9(6-11)15-10/h8H,2-7,11H2,1H3. The number of nitrogens with two attached hydrogens (primary N) is 1. The third-order valence-electron chi connectivity index (χ3n) is 2.96. The first-order chi connectivity index (χ1) is 7.29. The quantitative estimate of drug-likeness (QED) is 0.807. The second kappa shape index (κ2) is 4.61. The molecular weight excluding hydrogens is 192 g/mol. The van der Waals surface area contributed by atoms with Crippen LogP contribution in [0, 0.1) is 5.92 Å². The largest absolute Gasteiger partial charge is 0.407 e. The fraction of sp³-hybridized carbons (Fsp3) is 0.800. The Morgan fingerprint density at radius 3 is 2.73 bits per heavy atom. The van der Waals surface area contributed by atoms with E-state index < -0.39 is 0 Å². The minimum absolute atomic E-state index is 0.310. The van der Waals surface area contributed by atoms with Gasteiger partial charge in [0, 0.05) is 13.6 Å². The third-order valence-corrected chi connectivity index (χ3v) is 2.96. The highest BCUT2D eigenvalue weighted by Gasteiger charge is 2.19. The molecule has 2 rings (SSSR count). The Balaban J connectivity index is 1.91. The molecule has 0 spiro atoms. The van der Waals surface area contributed by atoms with Gasteiger partial charge in [-0.3, -0.25) is 0 Å². The van der Waals surface area contributed by atoms with E-state index in [1.807, 2.05) is 11.9 Å². The molecule has 0 saturated heterocycles. The van der Waals surface area contributed by atoms with Crippen molar-refractivity contribution in [3.8, 4) is 0 Å². The number of nitrogens with zero attached hydrogens (tertiary/aromatic N) is 3. The van der Waals surface area contributed by atoms with Crippen molar-refractivity contribution in [2.75, 3.05) is 18.5 Å². The van der Waals surface area contributed by atoms with Crippen LogP contribution in [0.2, 0.25) is 0 Å². The summed E-state index contributed by atoms with van der Waals surface area (Å²) in [5.41, 5.74) is 5.41. The van der Waals surface area contributed by atoms with Gasteiger partial charge in [0.15, 0.2) is 0 Å². The molecule has 0 radical (unpaired) electrons. The molecule has 15 heavy (non-hydrogen) atoms. The Kier molecular flexibility index (Phi) is 3.20. The van der Waals surface area contributed by atoms with Crippen molar-refractivity contribution < 1.29 is 4.42 Å². The molecular formula is C10H18N4O. The molecule has 1 aromatic heterocycles. The smallest absolute Gasteiger partial charge is 0.317 e. The van der Waals surface area contributed by atoms with Crippen LogP contribution in [0.4, 0.5) is 6.01 Å². The Hall–Kier alpha value is -1.10. The number of hydrogen-bond donors (Lipinski definition) is 1. The highest BCUT2D eigenvalue weighted by molar-refractivity contribution is 5.21. The van der Waals surface area contributed by atoms with Gasteiger partial charge in [-0.25, -0.2) is 0 Å². The van der Waals surface area contributed by atoms with Gasteiger partial charge in [0.2, 0.25) is 5.89 Å². The monoisotopic (exact) mass is 210 g/mol. The summed E-state index contributed by atoms with van der Waals surface area (Å²) in [5, 5.41) is 7.81. The zero-order valence-electron chi connectivity index (χ0n) is 9.15. The molecule has 0 amide bonds. The zero-order valence-corrected chi connectivity index (χ0v) is 9.15. The highest BCUT2D eigenvalue weighted by atomic mass is 16.4. The molecule has 0 aliphatic heterocycles. The molecule has 0 bridgehead atoms. The molecule has 1 fully saturated rings. The van der Waals surface area contributed by atoms with Crippen molar-refractivity contribution in [3.63, 3.8) is 0 Å². The van der Waals surface area contributed by atoms with E-state index in [4.69, 9.17) is 10.2 Å². The number of rotatable bonds is 4. The van der Waals surface area contributed by atoms with Crippen molar-refractivity contribution in [3.05, 3.63) is 5.89 Å². The van der Waals surface area contributed by atoms with Gasteiger partial charge in [0.25, 0.3) is 0 Å². The van der Waals surface area contributed by atoms with Gasteiger partial charge in [-0.1, -0.05) is 17.9 Å². The van der Waals surface area contributed by atoms with Gasteiger partial charge in [-0.05, 0) is 18.8 Å². The van der Waals surface area contributed by atoms with Crippen LogP contribution in [0.25, 0.3) is 0 Å².